The Morgan fingerprint density at radius 3 is 2.23 bits per heavy atom. The van der Waals surface area contributed by atoms with Gasteiger partial charge in [-0.1, -0.05) is 13.8 Å². The number of rotatable bonds is 6. The van der Waals surface area contributed by atoms with Crippen LogP contribution < -0.4 is 0 Å². The molecule has 0 aliphatic rings. The molecule has 76 valence electrons. The molecular weight excluding hydrogens is 162 g/mol. The highest BCUT2D eigenvalue weighted by molar-refractivity contribution is 4.77. The van der Waals surface area contributed by atoms with E-state index in [9.17, 15) is 0 Å². The molecule has 3 nitrogen and oxygen atoms in total. The Balaban J connectivity index is 3.74. The summed E-state index contributed by atoms with van der Waals surface area (Å²) in [7, 11) is 4.11. The van der Waals surface area contributed by atoms with Crippen molar-refractivity contribution in [1.29, 1.82) is 5.26 Å². The van der Waals surface area contributed by atoms with Crippen molar-refractivity contribution >= 4 is 0 Å². The molecule has 0 fully saturated rings. The Kier molecular flexibility index (Phi) is 6.56. The van der Waals surface area contributed by atoms with E-state index in [1.165, 1.54) is 0 Å². The van der Waals surface area contributed by atoms with Crippen LogP contribution in [0.2, 0.25) is 0 Å². The molecule has 0 spiro atoms. The Bertz CT molecular complexity index is 158. The van der Waals surface area contributed by atoms with Gasteiger partial charge in [0.1, 0.15) is 0 Å². The van der Waals surface area contributed by atoms with E-state index in [1.807, 2.05) is 0 Å². The second-order valence-corrected chi connectivity index (χ2v) is 4.09. The fourth-order valence-corrected chi connectivity index (χ4v) is 1.19. The zero-order chi connectivity index (χ0) is 10.3. The summed E-state index contributed by atoms with van der Waals surface area (Å²) in [6, 6.07) is 2.20. The van der Waals surface area contributed by atoms with E-state index in [0.29, 0.717) is 12.5 Å². The van der Waals surface area contributed by atoms with Gasteiger partial charge in [0, 0.05) is 19.6 Å². The number of nitrogens with zero attached hydrogens (tertiary/aromatic N) is 3. The van der Waals surface area contributed by atoms with Crippen LogP contribution in [0.25, 0.3) is 0 Å². The van der Waals surface area contributed by atoms with E-state index >= 15 is 0 Å². The van der Waals surface area contributed by atoms with E-state index < -0.39 is 0 Å². The number of hydrogen-bond donors (Lipinski definition) is 0. The normalized spacial score (nSPS) is 11.2. The molecule has 0 aromatic carbocycles. The Morgan fingerprint density at radius 2 is 1.85 bits per heavy atom. The van der Waals surface area contributed by atoms with Gasteiger partial charge in [0.05, 0.1) is 12.6 Å². The molecule has 0 aliphatic heterocycles. The Hall–Kier alpha value is -0.590. The molecule has 0 aliphatic carbocycles. The van der Waals surface area contributed by atoms with Crippen LogP contribution >= 0.6 is 0 Å². The molecule has 3 heteroatoms. The first-order chi connectivity index (χ1) is 6.06. The largest absolute Gasteiger partial charge is 0.308 e. The van der Waals surface area contributed by atoms with E-state index in [4.69, 9.17) is 5.26 Å². The molecule has 0 saturated carbocycles. The lowest BCUT2D eigenvalue weighted by molar-refractivity contribution is 0.240. The molecule has 0 N–H and O–H groups in total. The van der Waals surface area contributed by atoms with Gasteiger partial charge in [-0.3, -0.25) is 4.90 Å². The lowest BCUT2D eigenvalue weighted by atomic mass is 10.2. The fraction of sp³-hybridized carbons (Fsp3) is 0.900. The first-order valence-corrected chi connectivity index (χ1v) is 4.80. The number of nitriles is 1. The average molecular weight is 183 g/mol. The minimum atomic E-state index is 0.548. The molecule has 0 bridgehead atoms. The van der Waals surface area contributed by atoms with Crippen molar-refractivity contribution in [2.24, 2.45) is 5.92 Å². The highest BCUT2D eigenvalue weighted by Gasteiger charge is 2.06. The Morgan fingerprint density at radius 1 is 1.23 bits per heavy atom. The van der Waals surface area contributed by atoms with Crippen LogP contribution in [0.4, 0.5) is 0 Å². The molecule has 0 radical (unpaired) electrons. The molecule has 0 aromatic rings. The van der Waals surface area contributed by atoms with Crippen LogP contribution in [0, 0.1) is 17.2 Å². The zero-order valence-corrected chi connectivity index (χ0v) is 9.25. The van der Waals surface area contributed by atoms with Crippen LogP contribution in [0.1, 0.15) is 13.8 Å². The lowest BCUT2D eigenvalue weighted by Gasteiger charge is -2.22. The van der Waals surface area contributed by atoms with Crippen molar-refractivity contribution in [3.8, 4) is 6.07 Å². The molecule has 0 rings (SSSR count). The zero-order valence-electron chi connectivity index (χ0n) is 9.25. The van der Waals surface area contributed by atoms with Crippen molar-refractivity contribution in [3.05, 3.63) is 0 Å². The van der Waals surface area contributed by atoms with Crippen LogP contribution in [-0.2, 0) is 0 Å². The summed E-state index contributed by atoms with van der Waals surface area (Å²) in [6.07, 6.45) is 0. The van der Waals surface area contributed by atoms with E-state index in [2.05, 4.69) is 43.8 Å². The molecule has 0 aromatic heterocycles. The molecule has 0 heterocycles. The maximum Gasteiger partial charge on any atom is 0.0866 e. The van der Waals surface area contributed by atoms with Gasteiger partial charge in [0.25, 0.3) is 0 Å². The van der Waals surface area contributed by atoms with Gasteiger partial charge in [0.2, 0.25) is 0 Å². The minimum absolute atomic E-state index is 0.548. The quantitative estimate of drug-likeness (QED) is 0.576. The minimum Gasteiger partial charge on any atom is -0.308 e. The van der Waals surface area contributed by atoms with Gasteiger partial charge in [-0.2, -0.15) is 5.26 Å². The van der Waals surface area contributed by atoms with Crippen LogP contribution in [0.5, 0.6) is 0 Å². The van der Waals surface area contributed by atoms with Crippen LogP contribution in [-0.4, -0.2) is 50.1 Å². The van der Waals surface area contributed by atoms with Gasteiger partial charge in [-0.05, 0) is 20.0 Å². The smallest absolute Gasteiger partial charge is 0.0866 e. The molecule has 0 atom stereocenters. The first-order valence-electron chi connectivity index (χ1n) is 4.80. The number of hydrogen-bond acceptors (Lipinski definition) is 3. The van der Waals surface area contributed by atoms with Crippen LogP contribution in [0.3, 0.4) is 0 Å². The lowest BCUT2D eigenvalue weighted by Crippen LogP contribution is -2.34. The third-order valence-electron chi connectivity index (χ3n) is 1.78. The van der Waals surface area contributed by atoms with Crippen molar-refractivity contribution in [1.82, 2.24) is 9.80 Å². The van der Waals surface area contributed by atoms with E-state index in [0.717, 1.165) is 19.6 Å². The van der Waals surface area contributed by atoms with Gasteiger partial charge < -0.3 is 4.90 Å². The standard InChI is InChI=1S/C10H21N3/c1-10(2)9-13(6-5-11)8-7-12(3)4/h10H,6-9H2,1-4H3. The highest BCUT2D eigenvalue weighted by Crippen LogP contribution is 1.97. The summed E-state index contributed by atoms with van der Waals surface area (Å²) in [6.45, 7) is 7.93. The average Bonchev–Trinajstić information content (AvgIpc) is 1.99. The van der Waals surface area contributed by atoms with Gasteiger partial charge >= 0.3 is 0 Å². The number of likely N-dealkylation sites (N-methyl/N-ethyl adjacent to an activating group) is 1. The van der Waals surface area contributed by atoms with Gasteiger partial charge in [-0.25, -0.2) is 0 Å². The predicted octanol–water partition coefficient (Wildman–Crippen LogP) is 1.03. The van der Waals surface area contributed by atoms with Crippen molar-refractivity contribution in [2.45, 2.75) is 13.8 Å². The third-order valence-corrected chi connectivity index (χ3v) is 1.78. The Labute approximate surface area is 81.9 Å². The second kappa shape index (κ2) is 6.88. The summed E-state index contributed by atoms with van der Waals surface area (Å²) in [5.41, 5.74) is 0. The SMILES string of the molecule is CC(C)CN(CC#N)CCN(C)C. The van der Waals surface area contributed by atoms with Crippen molar-refractivity contribution in [2.75, 3.05) is 40.3 Å². The van der Waals surface area contributed by atoms with Gasteiger partial charge in [-0.15, -0.1) is 0 Å². The monoisotopic (exact) mass is 183 g/mol. The summed E-state index contributed by atoms with van der Waals surface area (Å²) in [5, 5.41) is 8.61. The third kappa shape index (κ3) is 7.76. The fourth-order valence-electron chi connectivity index (χ4n) is 1.19. The summed E-state index contributed by atoms with van der Waals surface area (Å²) in [4.78, 5) is 4.34. The highest BCUT2D eigenvalue weighted by atomic mass is 15.2. The summed E-state index contributed by atoms with van der Waals surface area (Å²) < 4.78 is 0. The first kappa shape index (κ1) is 12.4. The molecule has 0 amide bonds. The predicted molar refractivity (Wildman–Crippen MR) is 55.4 cm³/mol. The maximum absolute atomic E-state index is 8.61. The molecule has 0 saturated heterocycles. The van der Waals surface area contributed by atoms with Crippen LogP contribution in [0.15, 0.2) is 0 Å². The molecule has 0 unspecified atom stereocenters. The van der Waals surface area contributed by atoms with E-state index in [-0.39, 0.29) is 0 Å². The van der Waals surface area contributed by atoms with Crippen molar-refractivity contribution in [3.63, 3.8) is 0 Å². The molecular formula is C10H21N3. The summed E-state index contributed by atoms with van der Waals surface area (Å²) in [5.74, 6) is 0.635. The summed E-state index contributed by atoms with van der Waals surface area (Å²) >= 11 is 0. The van der Waals surface area contributed by atoms with E-state index in [1.54, 1.807) is 0 Å². The van der Waals surface area contributed by atoms with Crippen molar-refractivity contribution < 1.29 is 0 Å². The topological polar surface area (TPSA) is 30.3 Å². The van der Waals surface area contributed by atoms with Gasteiger partial charge in [0.15, 0.2) is 0 Å². The second-order valence-electron chi connectivity index (χ2n) is 4.09. The molecule has 13 heavy (non-hydrogen) atoms. The maximum atomic E-state index is 8.61.